The monoisotopic (exact) mass is 348 g/mol. The average Bonchev–Trinajstić information content (AvgIpc) is 2.98. The van der Waals surface area contributed by atoms with Crippen LogP contribution in [-0.2, 0) is 0 Å². The van der Waals surface area contributed by atoms with Crippen LogP contribution in [0.2, 0.25) is 10.0 Å². The number of nitrogens with zero attached hydrogens (tertiary/aromatic N) is 2. The van der Waals surface area contributed by atoms with E-state index in [4.69, 9.17) is 27.8 Å². The molecule has 8 heteroatoms. The van der Waals surface area contributed by atoms with Crippen molar-refractivity contribution in [1.82, 2.24) is 10.3 Å². The Balaban J connectivity index is 1.73. The van der Waals surface area contributed by atoms with Crippen LogP contribution in [0, 0.1) is 0 Å². The van der Waals surface area contributed by atoms with E-state index in [1.54, 1.807) is 48.5 Å². The molecule has 0 saturated heterocycles. The molecule has 116 valence electrons. The lowest BCUT2D eigenvalue weighted by atomic mass is 10.1. The van der Waals surface area contributed by atoms with Crippen LogP contribution in [0.15, 0.2) is 53.2 Å². The number of anilines is 2. The fraction of sp³-hybridized carbons (Fsp3) is 0. The first kappa shape index (κ1) is 15.3. The van der Waals surface area contributed by atoms with Gasteiger partial charge in [0.05, 0.1) is 0 Å². The van der Waals surface area contributed by atoms with Gasteiger partial charge in [-0.25, -0.2) is 9.42 Å². The second kappa shape index (κ2) is 6.68. The largest absolute Gasteiger partial charge is 0.325 e. The molecule has 0 aliphatic rings. The molecule has 0 aliphatic heterocycles. The van der Waals surface area contributed by atoms with Crippen LogP contribution in [-0.4, -0.2) is 16.3 Å². The Labute approximate surface area is 141 Å². The summed E-state index contributed by atoms with van der Waals surface area (Å²) in [5.41, 5.74) is 1.72. The number of rotatable bonds is 3. The second-order valence-corrected chi connectivity index (χ2v) is 5.43. The Kier molecular flexibility index (Phi) is 4.45. The summed E-state index contributed by atoms with van der Waals surface area (Å²) in [7, 11) is 0. The summed E-state index contributed by atoms with van der Waals surface area (Å²) in [6, 6.07) is 13.2. The highest BCUT2D eigenvalue weighted by molar-refractivity contribution is 6.31. The third-order valence-electron chi connectivity index (χ3n) is 2.94. The number of hydrogen-bond acceptors (Lipinski definition) is 4. The van der Waals surface area contributed by atoms with Crippen molar-refractivity contribution >= 4 is 40.7 Å². The molecule has 2 aromatic carbocycles. The van der Waals surface area contributed by atoms with Gasteiger partial charge in [-0.3, -0.25) is 5.32 Å². The first-order chi connectivity index (χ1) is 11.1. The van der Waals surface area contributed by atoms with E-state index in [1.165, 1.54) is 0 Å². The van der Waals surface area contributed by atoms with Crippen molar-refractivity contribution in [3.63, 3.8) is 0 Å². The summed E-state index contributed by atoms with van der Waals surface area (Å²) in [6.07, 6.45) is 0. The molecular formula is C15H10Cl2N4O2. The summed E-state index contributed by atoms with van der Waals surface area (Å²) in [5, 5.41) is 13.9. The molecule has 3 rings (SSSR count). The summed E-state index contributed by atoms with van der Waals surface area (Å²) in [5.74, 6) is 0.207. The molecule has 0 atom stereocenters. The van der Waals surface area contributed by atoms with E-state index in [1.807, 2.05) is 0 Å². The van der Waals surface area contributed by atoms with E-state index in [0.29, 0.717) is 21.4 Å². The molecule has 6 nitrogen and oxygen atoms in total. The summed E-state index contributed by atoms with van der Waals surface area (Å²) in [4.78, 5) is 12.0. The zero-order valence-corrected chi connectivity index (χ0v) is 13.1. The molecule has 2 amide bonds. The van der Waals surface area contributed by atoms with E-state index in [-0.39, 0.29) is 5.82 Å². The lowest BCUT2D eigenvalue weighted by molar-refractivity contribution is 0.261. The number of halogens is 2. The number of urea groups is 1. The van der Waals surface area contributed by atoms with Crippen LogP contribution >= 0.6 is 23.2 Å². The number of carbonyl (C=O) groups is 1. The number of nitrogens with one attached hydrogen (secondary N) is 2. The molecule has 1 heterocycles. The third-order valence-corrected chi connectivity index (χ3v) is 3.44. The quantitative estimate of drug-likeness (QED) is 0.719. The molecule has 3 aromatic rings. The van der Waals surface area contributed by atoms with Crippen LogP contribution < -0.4 is 10.6 Å². The van der Waals surface area contributed by atoms with Crippen LogP contribution in [0.25, 0.3) is 11.3 Å². The predicted octanol–water partition coefficient (Wildman–Crippen LogP) is 4.69. The van der Waals surface area contributed by atoms with E-state index >= 15 is 0 Å². The Morgan fingerprint density at radius 3 is 2.13 bits per heavy atom. The van der Waals surface area contributed by atoms with Crippen LogP contribution in [0.4, 0.5) is 16.3 Å². The Morgan fingerprint density at radius 1 is 0.870 bits per heavy atom. The van der Waals surface area contributed by atoms with Crippen molar-refractivity contribution in [1.29, 1.82) is 0 Å². The molecule has 2 N–H and O–H groups in total. The molecule has 0 spiro atoms. The SMILES string of the molecule is O=C(Nc1ccc(Cl)cc1)Nc1nonc1-c1ccc(Cl)cc1. The molecule has 0 unspecified atom stereocenters. The topological polar surface area (TPSA) is 80.0 Å². The molecule has 0 saturated carbocycles. The summed E-state index contributed by atoms with van der Waals surface area (Å²) in [6.45, 7) is 0. The third kappa shape index (κ3) is 3.80. The van der Waals surface area contributed by atoms with Crippen molar-refractivity contribution in [3.8, 4) is 11.3 Å². The van der Waals surface area contributed by atoms with Gasteiger partial charge in [0.25, 0.3) is 0 Å². The second-order valence-electron chi connectivity index (χ2n) is 4.55. The lowest BCUT2D eigenvalue weighted by Crippen LogP contribution is -2.20. The van der Waals surface area contributed by atoms with E-state index in [9.17, 15) is 4.79 Å². The minimum Gasteiger partial charge on any atom is -0.308 e. The summed E-state index contributed by atoms with van der Waals surface area (Å²) < 4.78 is 4.70. The number of hydrogen-bond donors (Lipinski definition) is 2. The van der Waals surface area contributed by atoms with Gasteiger partial charge in [0.15, 0.2) is 5.69 Å². The van der Waals surface area contributed by atoms with Gasteiger partial charge in [0, 0.05) is 21.3 Å². The molecule has 0 fully saturated rings. The number of carbonyl (C=O) groups excluding carboxylic acids is 1. The van der Waals surface area contributed by atoms with Crippen molar-refractivity contribution in [3.05, 3.63) is 58.6 Å². The maximum atomic E-state index is 12.0. The van der Waals surface area contributed by atoms with E-state index in [0.717, 1.165) is 5.56 Å². The van der Waals surface area contributed by atoms with Gasteiger partial charge >= 0.3 is 6.03 Å². The standard InChI is InChI=1S/C15H10Cl2N4O2/c16-10-3-1-9(2-4-10)13-14(21-23-20-13)19-15(22)18-12-7-5-11(17)6-8-12/h1-8H,(H2,18,19,21,22). The normalized spacial score (nSPS) is 10.3. The number of benzene rings is 2. The van der Waals surface area contributed by atoms with E-state index in [2.05, 4.69) is 20.9 Å². The number of amides is 2. The maximum absolute atomic E-state index is 12.0. The van der Waals surface area contributed by atoms with Gasteiger partial charge < -0.3 is 5.32 Å². The minimum absolute atomic E-state index is 0.207. The Bertz CT molecular complexity index is 816. The Hall–Kier alpha value is -2.57. The van der Waals surface area contributed by atoms with Crippen LogP contribution in [0.5, 0.6) is 0 Å². The smallest absolute Gasteiger partial charge is 0.308 e. The van der Waals surface area contributed by atoms with Crippen LogP contribution in [0.3, 0.4) is 0 Å². The first-order valence-corrected chi connectivity index (χ1v) is 7.29. The predicted molar refractivity (Wildman–Crippen MR) is 88.8 cm³/mol. The van der Waals surface area contributed by atoms with Crippen molar-refractivity contribution < 1.29 is 9.42 Å². The highest BCUT2D eigenvalue weighted by Gasteiger charge is 2.15. The number of aromatic nitrogens is 2. The zero-order valence-electron chi connectivity index (χ0n) is 11.6. The summed E-state index contributed by atoms with van der Waals surface area (Å²) >= 11 is 11.6. The van der Waals surface area contributed by atoms with Gasteiger partial charge in [-0.1, -0.05) is 35.3 Å². The van der Waals surface area contributed by atoms with Crippen molar-refractivity contribution in [2.24, 2.45) is 0 Å². The highest BCUT2D eigenvalue weighted by Crippen LogP contribution is 2.25. The first-order valence-electron chi connectivity index (χ1n) is 6.54. The maximum Gasteiger partial charge on any atom is 0.325 e. The molecule has 1 aromatic heterocycles. The fourth-order valence-electron chi connectivity index (χ4n) is 1.87. The minimum atomic E-state index is -0.474. The van der Waals surface area contributed by atoms with Gasteiger partial charge in [-0.2, -0.15) is 0 Å². The highest BCUT2D eigenvalue weighted by atomic mass is 35.5. The zero-order chi connectivity index (χ0) is 16.2. The van der Waals surface area contributed by atoms with Gasteiger partial charge in [0.2, 0.25) is 5.82 Å². The average molecular weight is 349 g/mol. The lowest BCUT2D eigenvalue weighted by Gasteiger charge is -2.06. The molecular weight excluding hydrogens is 339 g/mol. The molecule has 0 aliphatic carbocycles. The van der Waals surface area contributed by atoms with Gasteiger partial charge in [-0.05, 0) is 46.7 Å². The fourth-order valence-corrected chi connectivity index (χ4v) is 2.12. The van der Waals surface area contributed by atoms with Crippen molar-refractivity contribution in [2.75, 3.05) is 10.6 Å². The molecule has 23 heavy (non-hydrogen) atoms. The molecule has 0 radical (unpaired) electrons. The van der Waals surface area contributed by atoms with Gasteiger partial charge in [0.1, 0.15) is 0 Å². The molecule has 0 bridgehead atoms. The van der Waals surface area contributed by atoms with Gasteiger partial charge in [-0.15, -0.1) is 0 Å². The van der Waals surface area contributed by atoms with Crippen LogP contribution in [0.1, 0.15) is 0 Å². The Morgan fingerprint density at radius 2 is 1.48 bits per heavy atom. The van der Waals surface area contributed by atoms with Crippen molar-refractivity contribution in [2.45, 2.75) is 0 Å². The van der Waals surface area contributed by atoms with E-state index < -0.39 is 6.03 Å².